The molecule has 0 rings (SSSR count). The second-order valence-electron chi connectivity index (χ2n) is 2.47. The van der Waals surface area contributed by atoms with Gasteiger partial charge in [0.05, 0.1) is 6.54 Å². The van der Waals surface area contributed by atoms with Crippen LogP contribution in [0.4, 0.5) is 4.79 Å². The standard InChI is InChI=1S/C7H12ClN3O2/c1-4(8)3-10-6(12)5(2)11-7(9)13/h5H,1,3H2,2H3,(H,10,12)(H3,9,11,13). The molecule has 5 nitrogen and oxygen atoms in total. The molecule has 0 fully saturated rings. The highest BCUT2D eigenvalue weighted by molar-refractivity contribution is 6.29. The minimum absolute atomic E-state index is 0.172. The van der Waals surface area contributed by atoms with Crippen molar-refractivity contribution < 1.29 is 9.59 Å². The molecule has 0 heterocycles. The molecule has 0 aliphatic heterocycles. The molecule has 0 aliphatic carbocycles. The number of nitrogens with two attached hydrogens (primary N) is 1. The fourth-order valence-corrected chi connectivity index (χ4v) is 0.682. The Bertz CT molecular complexity index is 230. The first-order chi connectivity index (χ1) is 5.93. The van der Waals surface area contributed by atoms with Crippen LogP contribution in [0, 0.1) is 0 Å². The van der Waals surface area contributed by atoms with Crippen LogP contribution in [0.5, 0.6) is 0 Å². The summed E-state index contributed by atoms with van der Waals surface area (Å²) in [5.74, 6) is -0.361. The van der Waals surface area contributed by atoms with E-state index in [1.54, 1.807) is 0 Å². The Morgan fingerprint density at radius 3 is 2.54 bits per heavy atom. The van der Waals surface area contributed by atoms with E-state index in [4.69, 9.17) is 17.3 Å². The Morgan fingerprint density at radius 2 is 2.15 bits per heavy atom. The highest BCUT2D eigenvalue weighted by atomic mass is 35.5. The lowest BCUT2D eigenvalue weighted by atomic mass is 10.3. The van der Waals surface area contributed by atoms with Crippen LogP contribution in [0.2, 0.25) is 0 Å². The van der Waals surface area contributed by atoms with E-state index in [9.17, 15) is 9.59 Å². The number of nitrogens with one attached hydrogen (secondary N) is 2. The summed E-state index contributed by atoms with van der Waals surface area (Å²) in [4.78, 5) is 21.4. The van der Waals surface area contributed by atoms with Gasteiger partial charge < -0.3 is 16.4 Å². The molecule has 0 bridgehead atoms. The number of carbonyl (C=O) groups is 2. The fraction of sp³-hybridized carbons (Fsp3) is 0.429. The van der Waals surface area contributed by atoms with Crippen LogP contribution in [0.1, 0.15) is 6.92 Å². The van der Waals surface area contributed by atoms with E-state index in [1.807, 2.05) is 0 Å². The zero-order valence-corrected chi connectivity index (χ0v) is 8.02. The number of halogens is 1. The van der Waals surface area contributed by atoms with Crippen molar-refractivity contribution in [3.63, 3.8) is 0 Å². The average molecular weight is 206 g/mol. The summed E-state index contributed by atoms with van der Waals surface area (Å²) in [6.07, 6.45) is 0. The maximum absolute atomic E-state index is 11.1. The molecule has 1 unspecified atom stereocenters. The molecule has 4 N–H and O–H groups in total. The Kier molecular flexibility index (Phi) is 4.91. The molecule has 0 aromatic carbocycles. The summed E-state index contributed by atoms with van der Waals surface area (Å²) in [5.41, 5.74) is 4.81. The Labute approximate surface area is 81.3 Å². The SMILES string of the molecule is C=C(Cl)CNC(=O)C(C)NC(N)=O. The minimum atomic E-state index is -0.743. The normalized spacial score (nSPS) is 11.5. The lowest BCUT2D eigenvalue weighted by molar-refractivity contribution is -0.122. The number of hydrogen-bond acceptors (Lipinski definition) is 2. The lowest BCUT2D eigenvalue weighted by Gasteiger charge is -2.11. The van der Waals surface area contributed by atoms with Gasteiger partial charge in [0.25, 0.3) is 0 Å². The largest absolute Gasteiger partial charge is 0.352 e. The predicted molar refractivity (Wildman–Crippen MR) is 50.2 cm³/mol. The van der Waals surface area contributed by atoms with Crippen molar-refractivity contribution in [2.75, 3.05) is 6.54 Å². The molecule has 6 heteroatoms. The number of carbonyl (C=O) groups excluding carboxylic acids is 2. The van der Waals surface area contributed by atoms with Gasteiger partial charge in [0.2, 0.25) is 5.91 Å². The first-order valence-electron chi connectivity index (χ1n) is 3.60. The number of urea groups is 1. The smallest absolute Gasteiger partial charge is 0.312 e. The van der Waals surface area contributed by atoms with Crippen molar-refractivity contribution in [2.45, 2.75) is 13.0 Å². The van der Waals surface area contributed by atoms with Crippen LogP contribution in [0.25, 0.3) is 0 Å². The zero-order valence-electron chi connectivity index (χ0n) is 7.26. The lowest BCUT2D eigenvalue weighted by Crippen LogP contribution is -2.46. The Balaban J connectivity index is 3.82. The monoisotopic (exact) mass is 205 g/mol. The van der Waals surface area contributed by atoms with Gasteiger partial charge in [0.15, 0.2) is 0 Å². The van der Waals surface area contributed by atoms with E-state index in [2.05, 4.69) is 17.2 Å². The maximum atomic E-state index is 11.1. The summed E-state index contributed by atoms with van der Waals surface area (Å²) in [7, 11) is 0. The third kappa shape index (κ3) is 5.98. The van der Waals surface area contributed by atoms with E-state index in [0.29, 0.717) is 5.03 Å². The quantitative estimate of drug-likeness (QED) is 0.600. The number of rotatable bonds is 4. The van der Waals surface area contributed by atoms with Crippen molar-refractivity contribution in [1.29, 1.82) is 0 Å². The van der Waals surface area contributed by atoms with E-state index < -0.39 is 12.1 Å². The summed E-state index contributed by atoms with van der Waals surface area (Å²) in [6.45, 7) is 5.07. The van der Waals surface area contributed by atoms with Crippen LogP contribution in [0.15, 0.2) is 11.6 Å². The predicted octanol–water partition coefficient (Wildman–Crippen LogP) is -0.0881. The molecule has 0 aromatic heterocycles. The highest BCUT2D eigenvalue weighted by Crippen LogP contribution is 1.92. The van der Waals surface area contributed by atoms with E-state index in [0.717, 1.165) is 0 Å². The van der Waals surface area contributed by atoms with Crippen molar-refractivity contribution in [3.05, 3.63) is 11.6 Å². The maximum Gasteiger partial charge on any atom is 0.312 e. The van der Waals surface area contributed by atoms with Gasteiger partial charge in [-0.15, -0.1) is 0 Å². The van der Waals surface area contributed by atoms with Crippen molar-refractivity contribution >= 4 is 23.5 Å². The first kappa shape index (κ1) is 11.8. The number of hydrogen-bond donors (Lipinski definition) is 3. The van der Waals surface area contributed by atoms with E-state index in [1.165, 1.54) is 6.92 Å². The van der Waals surface area contributed by atoms with Crippen LogP contribution in [-0.2, 0) is 4.79 Å². The molecule has 0 radical (unpaired) electrons. The van der Waals surface area contributed by atoms with Gasteiger partial charge in [-0.3, -0.25) is 4.79 Å². The molecule has 3 amide bonds. The van der Waals surface area contributed by atoms with Crippen molar-refractivity contribution in [2.24, 2.45) is 5.73 Å². The van der Waals surface area contributed by atoms with Crippen molar-refractivity contribution in [1.82, 2.24) is 10.6 Å². The summed E-state index contributed by atoms with van der Waals surface area (Å²) in [5, 5.41) is 4.99. The van der Waals surface area contributed by atoms with Crippen LogP contribution in [-0.4, -0.2) is 24.5 Å². The molecule has 0 aliphatic rings. The molecular formula is C7H12ClN3O2. The molecule has 0 spiro atoms. The molecular weight excluding hydrogens is 194 g/mol. The fourth-order valence-electron chi connectivity index (χ4n) is 0.615. The number of primary amides is 1. The van der Waals surface area contributed by atoms with Crippen LogP contribution >= 0.6 is 11.6 Å². The Morgan fingerprint density at radius 1 is 1.62 bits per heavy atom. The zero-order chi connectivity index (χ0) is 10.4. The minimum Gasteiger partial charge on any atom is -0.352 e. The second kappa shape index (κ2) is 5.42. The van der Waals surface area contributed by atoms with Crippen LogP contribution in [0.3, 0.4) is 0 Å². The summed E-state index contributed by atoms with van der Waals surface area (Å²) in [6, 6.07) is -1.42. The van der Waals surface area contributed by atoms with Gasteiger partial charge in [-0.1, -0.05) is 18.2 Å². The summed E-state index contributed by atoms with van der Waals surface area (Å²) < 4.78 is 0. The molecule has 74 valence electrons. The van der Waals surface area contributed by atoms with Gasteiger partial charge in [-0.05, 0) is 6.92 Å². The third-order valence-corrected chi connectivity index (χ3v) is 1.34. The van der Waals surface area contributed by atoms with Gasteiger partial charge in [-0.2, -0.15) is 0 Å². The highest BCUT2D eigenvalue weighted by Gasteiger charge is 2.12. The van der Waals surface area contributed by atoms with E-state index in [-0.39, 0.29) is 12.5 Å². The van der Waals surface area contributed by atoms with E-state index >= 15 is 0 Å². The van der Waals surface area contributed by atoms with Gasteiger partial charge in [0, 0.05) is 5.03 Å². The first-order valence-corrected chi connectivity index (χ1v) is 3.98. The average Bonchev–Trinajstić information content (AvgIpc) is 1.98. The molecule has 0 aromatic rings. The molecule has 1 atom stereocenters. The van der Waals surface area contributed by atoms with Crippen LogP contribution < -0.4 is 16.4 Å². The molecule has 13 heavy (non-hydrogen) atoms. The Hall–Kier alpha value is -1.23. The van der Waals surface area contributed by atoms with Gasteiger partial charge in [0.1, 0.15) is 6.04 Å². The van der Waals surface area contributed by atoms with Crippen molar-refractivity contribution in [3.8, 4) is 0 Å². The topological polar surface area (TPSA) is 84.2 Å². The second-order valence-corrected chi connectivity index (χ2v) is 3.00. The van der Waals surface area contributed by atoms with Gasteiger partial charge >= 0.3 is 6.03 Å². The third-order valence-electron chi connectivity index (χ3n) is 1.21. The van der Waals surface area contributed by atoms with Gasteiger partial charge in [-0.25, -0.2) is 4.79 Å². The number of amides is 3. The molecule has 0 saturated heterocycles. The summed E-state index contributed by atoms with van der Waals surface area (Å²) >= 11 is 5.41. The molecule has 0 saturated carbocycles.